The number of H-pyrrole nitrogens is 1. The third-order valence-corrected chi connectivity index (χ3v) is 3.71. The first-order chi connectivity index (χ1) is 10.7. The fourth-order valence-corrected chi connectivity index (χ4v) is 2.49. The van der Waals surface area contributed by atoms with E-state index in [9.17, 15) is 4.79 Å². The van der Waals surface area contributed by atoms with E-state index in [0.717, 1.165) is 17.1 Å². The molecule has 5 nitrogen and oxygen atoms in total. The van der Waals surface area contributed by atoms with Crippen molar-refractivity contribution in [3.8, 4) is 11.5 Å². The van der Waals surface area contributed by atoms with Gasteiger partial charge in [-0.05, 0) is 36.2 Å². The fraction of sp³-hybridized carbons (Fsp3) is 0.250. The van der Waals surface area contributed by atoms with Crippen LogP contribution in [0.3, 0.4) is 0 Å². The van der Waals surface area contributed by atoms with Gasteiger partial charge in [-0.15, -0.1) is 0 Å². The van der Waals surface area contributed by atoms with E-state index in [2.05, 4.69) is 10.3 Å². The largest absolute Gasteiger partial charge is 0.486 e. The molecule has 22 heavy (non-hydrogen) atoms. The van der Waals surface area contributed by atoms with E-state index in [1.165, 1.54) is 0 Å². The maximum absolute atomic E-state index is 12.0. The van der Waals surface area contributed by atoms with E-state index in [1.807, 2.05) is 18.2 Å². The van der Waals surface area contributed by atoms with Crippen molar-refractivity contribution in [3.63, 3.8) is 0 Å². The summed E-state index contributed by atoms with van der Waals surface area (Å²) in [5.41, 5.74) is 1.57. The Hall–Kier alpha value is -2.34. The minimum absolute atomic E-state index is 0.167. The second kappa shape index (κ2) is 6.62. The maximum atomic E-state index is 12.0. The number of carbonyl (C=O) groups is 1. The van der Waals surface area contributed by atoms with Gasteiger partial charge in [0.15, 0.2) is 11.5 Å². The molecular formula is C16H16N2O3S. The van der Waals surface area contributed by atoms with Crippen molar-refractivity contribution >= 4 is 18.1 Å². The van der Waals surface area contributed by atoms with E-state index in [-0.39, 0.29) is 5.91 Å². The molecule has 0 fully saturated rings. The first kappa shape index (κ1) is 14.6. The highest BCUT2D eigenvalue weighted by molar-refractivity contribution is 7.71. The molecule has 2 aromatic rings. The highest BCUT2D eigenvalue weighted by atomic mass is 32.1. The molecule has 3 rings (SSSR count). The number of hydrogen-bond donors (Lipinski definition) is 2. The van der Waals surface area contributed by atoms with Crippen LogP contribution in [-0.4, -0.2) is 30.6 Å². The lowest BCUT2D eigenvalue weighted by Crippen LogP contribution is -2.26. The first-order valence-corrected chi connectivity index (χ1v) is 7.49. The first-order valence-electron chi connectivity index (χ1n) is 7.08. The van der Waals surface area contributed by atoms with Crippen LogP contribution >= 0.6 is 12.2 Å². The molecule has 6 heteroatoms. The van der Waals surface area contributed by atoms with Crippen molar-refractivity contribution < 1.29 is 14.3 Å². The van der Waals surface area contributed by atoms with Crippen molar-refractivity contribution in [2.75, 3.05) is 19.8 Å². The predicted molar refractivity (Wildman–Crippen MR) is 85.1 cm³/mol. The zero-order valence-electron chi connectivity index (χ0n) is 11.9. The van der Waals surface area contributed by atoms with E-state index >= 15 is 0 Å². The Labute approximate surface area is 133 Å². The maximum Gasteiger partial charge on any atom is 0.254 e. The zero-order valence-corrected chi connectivity index (χ0v) is 12.7. The van der Waals surface area contributed by atoms with Crippen LogP contribution < -0.4 is 14.8 Å². The van der Waals surface area contributed by atoms with Gasteiger partial charge in [0.05, 0.1) is 5.56 Å². The summed E-state index contributed by atoms with van der Waals surface area (Å²) in [4.78, 5) is 14.9. The van der Waals surface area contributed by atoms with Gasteiger partial charge in [-0.2, -0.15) is 0 Å². The number of fused-ring (bicyclic) bond motifs is 1. The Balaban J connectivity index is 1.58. The molecule has 1 aliphatic rings. The third kappa shape index (κ3) is 3.28. The number of carbonyl (C=O) groups excluding carboxylic acids is 1. The van der Waals surface area contributed by atoms with Gasteiger partial charge in [-0.1, -0.05) is 18.3 Å². The summed E-state index contributed by atoms with van der Waals surface area (Å²) in [5, 5.41) is 2.87. The van der Waals surface area contributed by atoms with Gasteiger partial charge in [-0.25, -0.2) is 0 Å². The summed E-state index contributed by atoms with van der Waals surface area (Å²) in [6, 6.07) is 9.30. The summed E-state index contributed by atoms with van der Waals surface area (Å²) in [5.74, 6) is 1.37. The molecule has 1 amide bonds. The average Bonchev–Trinajstić information content (AvgIpc) is 2.55. The molecule has 0 atom stereocenters. The molecule has 114 valence electrons. The molecule has 0 saturated heterocycles. The van der Waals surface area contributed by atoms with Crippen molar-refractivity contribution in [1.82, 2.24) is 10.3 Å². The second-order valence-corrected chi connectivity index (χ2v) is 5.31. The summed E-state index contributed by atoms with van der Waals surface area (Å²) in [6.45, 7) is 1.68. The molecule has 0 radical (unpaired) electrons. The van der Waals surface area contributed by atoms with E-state index in [0.29, 0.717) is 36.4 Å². The molecule has 0 unspecified atom stereocenters. The smallest absolute Gasteiger partial charge is 0.254 e. The number of aromatic nitrogens is 1. The van der Waals surface area contributed by atoms with Crippen LogP contribution in [0.15, 0.2) is 36.5 Å². The Morgan fingerprint density at radius 1 is 1.23 bits per heavy atom. The Kier molecular flexibility index (Phi) is 4.39. The minimum atomic E-state index is -0.167. The molecule has 0 aliphatic carbocycles. The number of ether oxygens (including phenoxy) is 2. The topological polar surface area (TPSA) is 63.4 Å². The normalized spacial score (nSPS) is 12.7. The van der Waals surface area contributed by atoms with E-state index < -0.39 is 0 Å². The van der Waals surface area contributed by atoms with E-state index in [4.69, 9.17) is 21.7 Å². The molecule has 0 spiro atoms. The molecule has 1 aromatic heterocycles. The Morgan fingerprint density at radius 2 is 2.05 bits per heavy atom. The highest BCUT2D eigenvalue weighted by Gasteiger charge is 2.12. The van der Waals surface area contributed by atoms with Crippen LogP contribution in [0.1, 0.15) is 15.9 Å². The highest BCUT2D eigenvalue weighted by Crippen LogP contribution is 2.30. The number of amides is 1. The van der Waals surface area contributed by atoms with Crippen LogP contribution in [0, 0.1) is 4.64 Å². The van der Waals surface area contributed by atoms with Gasteiger partial charge in [-0.3, -0.25) is 4.79 Å². The number of aromatic amines is 1. The van der Waals surface area contributed by atoms with Gasteiger partial charge in [0.25, 0.3) is 5.91 Å². The number of benzene rings is 1. The summed E-state index contributed by atoms with van der Waals surface area (Å²) in [7, 11) is 0. The Morgan fingerprint density at radius 3 is 2.86 bits per heavy atom. The molecular weight excluding hydrogens is 300 g/mol. The van der Waals surface area contributed by atoms with Gasteiger partial charge < -0.3 is 19.8 Å². The van der Waals surface area contributed by atoms with Crippen molar-refractivity contribution in [2.24, 2.45) is 0 Å². The molecule has 2 heterocycles. The number of rotatable bonds is 4. The summed E-state index contributed by atoms with van der Waals surface area (Å²) >= 11 is 5.09. The zero-order chi connectivity index (χ0) is 15.4. The Bertz CT molecular complexity index is 742. The van der Waals surface area contributed by atoms with Crippen LogP contribution in [-0.2, 0) is 6.42 Å². The van der Waals surface area contributed by atoms with Crippen molar-refractivity contribution in [3.05, 3.63) is 52.3 Å². The predicted octanol–water partition coefficient (Wildman–Crippen LogP) is 2.49. The second-order valence-electron chi connectivity index (χ2n) is 4.90. The van der Waals surface area contributed by atoms with Gasteiger partial charge in [0, 0.05) is 12.7 Å². The van der Waals surface area contributed by atoms with Crippen LogP contribution in [0.2, 0.25) is 0 Å². The van der Waals surface area contributed by atoms with Crippen LogP contribution in [0.25, 0.3) is 0 Å². The quantitative estimate of drug-likeness (QED) is 0.851. The van der Waals surface area contributed by atoms with Crippen LogP contribution in [0.5, 0.6) is 11.5 Å². The molecule has 1 aromatic carbocycles. The molecule has 0 bridgehead atoms. The van der Waals surface area contributed by atoms with Crippen LogP contribution in [0.4, 0.5) is 0 Å². The number of pyridine rings is 1. The number of nitrogens with one attached hydrogen (secondary N) is 2. The van der Waals surface area contributed by atoms with Crippen molar-refractivity contribution in [1.29, 1.82) is 0 Å². The van der Waals surface area contributed by atoms with E-state index in [1.54, 1.807) is 18.3 Å². The standard InChI is InChI=1S/C16H16N2O3S/c19-15(12-2-1-6-18-16(12)22)17-7-5-11-3-4-13-14(10-11)21-9-8-20-13/h1-4,6,10H,5,7-9H2,(H,17,19)(H,18,22). The summed E-state index contributed by atoms with van der Waals surface area (Å²) in [6.07, 6.45) is 2.42. The lowest BCUT2D eigenvalue weighted by molar-refractivity contribution is 0.0953. The molecule has 2 N–H and O–H groups in total. The van der Waals surface area contributed by atoms with Gasteiger partial charge >= 0.3 is 0 Å². The SMILES string of the molecule is O=C(NCCc1ccc2c(c1)OCCO2)c1ccc[nH]c1=S. The monoisotopic (exact) mass is 316 g/mol. The lowest BCUT2D eigenvalue weighted by atomic mass is 10.1. The number of hydrogen-bond acceptors (Lipinski definition) is 4. The van der Waals surface area contributed by atoms with Crippen molar-refractivity contribution in [2.45, 2.75) is 6.42 Å². The van der Waals surface area contributed by atoms with Gasteiger partial charge in [0.1, 0.15) is 17.9 Å². The average molecular weight is 316 g/mol. The third-order valence-electron chi connectivity index (χ3n) is 3.37. The summed E-state index contributed by atoms with van der Waals surface area (Å²) < 4.78 is 11.5. The lowest BCUT2D eigenvalue weighted by Gasteiger charge is -2.18. The minimum Gasteiger partial charge on any atom is -0.486 e. The fourth-order valence-electron chi connectivity index (χ4n) is 2.26. The van der Waals surface area contributed by atoms with Gasteiger partial charge in [0.2, 0.25) is 0 Å². The molecule has 1 aliphatic heterocycles. The molecule has 0 saturated carbocycles.